The van der Waals surface area contributed by atoms with Crippen molar-refractivity contribution in [1.29, 1.82) is 0 Å². The number of pyridine rings is 1. The summed E-state index contributed by atoms with van der Waals surface area (Å²) in [7, 11) is 0. The summed E-state index contributed by atoms with van der Waals surface area (Å²) in [4.78, 5) is 4.69. The van der Waals surface area contributed by atoms with Gasteiger partial charge in [-0.3, -0.25) is 4.98 Å². The minimum atomic E-state index is 0.147. The molecule has 1 aromatic rings. The fraction of sp³-hybridized carbons (Fsp3) is 0.583. The van der Waals surface area contributed by atoms with Crippen LogP contribution in [-0.4, -0.2) is 11.2 Å². The molecule has 1 nitrogen and oxygen atoms in total. The molecule has 14 heavy (non-hydrogen) atoms. The lowest BCUT2D eigenvalue weighted by Gasteiger charge is -2.19. The van der Waals surface area contributed by atoms with Crippen molar-refractivity contribution in [3.05, 3.63) is 29.6 Å². The van der Waals surface area contributed by atoms with Gasteiger partial charge in [0.15, 0.2) is 0 Å². The van der Waals surface area contributed by atoms with Gasteiger partial charge in [0.05, 0.1) is 5.69 Å². The van der Waals surface area contributed by atoms with Crippen molar-refractivity contribution in [2.75, 3.05) is 6.26 Å². The molecule has 78 valence electrons. The predicted octanol–water partition coefficient (Wildman–Crippen LogP) is 3.80. The Labute approximate surface area is 91.3 Å². The SMILES string of the molecule is CSC(C)c1cccc(C(C)(C)C)n1. The molecule has 1 rings (SSSR count). The van der Waals surface area contributed by atoms with Crippen molar-refractivity contribution < 1.29 is 0 Å². The third kappa shape index (κ3) is 2.74. The first-order valence-electron chi connectivity index (χ1n) is 4.95. The van der Waals surface area contributed by atoms with Crippen LogP contribution < -0.4 is 0 Å². The van der Waals surface area contributed by atoms with Crippen LogP contribution in [0.4, 0.5) is 0 Å². The fourth-order valence-corrected chi connectivity index (χ4v) is 1.59. The summed E-state index contributed by atoms with van der Waals surface area (Å²) in [6, 6.07) is 6.32. The molecule has 0 aliphatic heterocycles. The zero-order valence-electron chi connectivity index (χ0n) is 9.66. The summed E-state index contributed by atoms with van der Waals surface area (Å²) in [5, 5.41) is 0.484. The second-order valence-electron chi connectivity index (χ2n) is 4.58. The molecule has 0 aliphatic carbocycles. The molecule has 0 spiro atoms. The summed E-state index contributed by atoms with van der Waals surface area (Å²) < 4.78 is 0. The van der Waals surface area contributed by atoms with E-state index in [2.05, 4.69) is 52.1 Å². The van der Waals surface area contributed by atoms with Crippen molar-refractivity contribution >= 4 is 11.8 Å². The zero-order valence-corrected chi connectivity index (χ0v) is 10.5. The Morgan fingerprint density at radius 2 is 1.93 bits per heavy atom. The number of thioether (sulfide) groups is 1. The third-order valence-corrected chi connectivity index (χ3v) is 3.26. The second kappa shape index (κ2) is 4.35. The van der Waals surface area contributed by atoms with E-state index in [0.717, 1.165) is 0 Å². The van der Waals surface area contributed by atoms with Gasteiger partial charge in [0.2, 0.25) is 0 Å². The van der Waals surface area contributed by atoms with Gasteiger partial charge in [-0.25, -0.2) is 0 Å². The van der Waals surface area contributed by atoms with Crippen molar-refractivity contribution in [2.24, 2.45) is 0 Å². The van der Waals surface area contributed by atoms with E-state index >= 15 is 0 Å². The highest BCUT2D eigenvalue weighted by Gasteiger charge is 2.16. The molecule has 1 heterocycles. The van der Waals surface area contributed by atoms with E-state index in [0.29, 0.717) is 5.25 Å². The first-order chi connectivity index (χ1) is 6.45. The van der Waals surface area contributed by atoms with Crippen LogP contribution in [0.2, 0.25) is 0 Å². The predicted molar refractivity (Wildman–Crippen MR) is 64.9 cm³/mol. The highest BCUT2D eigenvalue weighted by molar-refractivity contribution is 7.98. The summed E-state index contributed by atoms with van der Waals surface area (Å²) in [6.07, 6.45) is 2.12. The minimum absolute atomic E-state index is 0.147. The summed E-state index contributed by atoms with van der Waals surface area (Å²) in [6.45, 7) is 8.79. The van der Waals surface area contributed by atoms with Gasteiger partial charge in [-0.05, 0) is 25.3 Å². The molecule has 1 aromatic heterocycles. The van der Waals surface area contributed by atoms with Gasteiger partial charge >= 0.3 is 0 Å². The van der Waals surface area contributed by atoms with Gasteiger partial charge in [0.1, 0.15) is 0 Å². The number of nitrogens with zero attached hydrogens (tertiary/aromatic N) is 1. The van der Waals surface area contributed by atoms with E-state index < -0.39 is 0 Å². The molecule has 1 unspecified atom stereocenters. The largest absolute Gasteiger partial charge is 0.256 e. The normalized spacial score (nSPS) is 14.1. The maximum atomic E-state index is 4.69. The maximum Gasteiger partial charge on any atom is 0.0534 e. The number of aromatic nitrogens is 1. The molecule has 0 aromatic carbocycles. The number of hydrogen-bond acceptors (Lipinski definition) is 2. The van der Waals surface area contributed by atoms with Crippen LogP contribution in [0.5, 0.6) is 0 Å². The van der Waals surface area contributed by atoms with Crippen LogP contribution in [0.25, 0.3) is 0 Å². The smallest absolute Gasteiger partial charge is 0.0534 e. The molecule has 0 amide bonds. The lowest BCUT2D eigenvalue weighted by atomic mass is 9.91. The molecular formula is C12H19NS. The molecule has 0 bridgehead atoms. The summed E-state index contributed by atoms with van der Waals surface area (Å²) in [5.41, 5.74) is 2.51. The second-order valence-corrected chi connectivity index (χ2v) is 5.75. The van der Waals surface area contributed by atoms with Crippen LogP contribution in [-0.2, 0) is 5.41 Å². The molecule has 1 atom stereocenters. The fourth-order valence-electron chi connectivity index (χ4n) is 1.22. The van der Waals surface area contributed by atoms with Crippen LogP contribution in [0, 0.1) is 0 Å². The Kier molecular flexibility index (Phi) is 3.59. The van der Waals surface area contributed by atoms with E-state index in [-0.39, 0.29) is 5.41 Å². The summed E-state index contributed by atoms with van der Waals surface area (Å²) >= 11 is 1.83. The van der Waals surface area contributed by atoms with E-state index in [9.17, 15) is 0 Å². The van der Waals surface area contributed by atoms with Crippen LogP contribution in [0.3, 0.4) is 0 Å². The Morgan fingerprint density at radius 3 is 2.43 bits per heavy atom. The van der Waals surface area contributed by atoms with Crippen molar-refractivity contribution in [3.63, 3.8) is 0 Å². The zero-order chi connectivity index (χ0) is 10.8. The third-order valence-electron chi connectivity index (χ3n) is 2.31. The molecule has 0 aliphatic rings. The van der Waals surface area contributed by atoms with Gasteiger partial charge in [-0.15, -0.1) is 0 Å². The van der Waals surface area contributed by atoms with E-state index in [4.69, 9.17) is 4.98 Å². The first kappa shape index (κ1) is 11.6. The van der Waals surface area contributed by atoms with E-state index in [1.807, 2.05) is 11.8 Å². The Bertz CT molecular complexity index is 301. The highest BCUT2D eigenvalue weighted by Crippen LogP contribution is 2.26. The molecule has 0 saturated carbocycles. The Hall–Kier alpha value is -0.500. The lowest BCUT2D eigenvalue weighted by Crippen LogP contribution is -2.14. The molecule has 2 heteroatoms. The average molecular weight is 209 g/mol. The standard InChI is InChI=1S/C12H19NS/c1-9(14-5)10-7-6-8-11(13-10)12(2,3)4/h6-9H,1-5H3. The monoisotopic (exact) mass is 209 g/mol. The van der Waals surface area contributed by atoms with Crippen molar-refractivity contribution in [3.8, 4) is 0 Å². The lowest BCUT2D eigenvalue weighted by molar-refractivity contribution is 0.565. The van der Waals surface area contributed by atoms with E-state index in [1.54, 1.807) is 0 Å². The highest BCUT2D eigenvalue weighted by atomic mass is 32.2. The number of rotatable bonds is 2. The molecule has 0 saturated heterocycles. The molecule has 0 N–H and O–H groups in total. The van der Waals surface area contributed by atoms with Crippen molar-refractivity contribution in [1.82, 2.24) is 4.98 Å². The Morgan fingerprint density at radius 1 is 1.29 bits per heavy atom. The minimum Gasteiger partial charge on any atom is -0.256 e. The van der Waals surface area contributed by atoms with Gasteiger partial charge in [0, 0.05) is 16.4 Å². The van der Waals surface area contributed by atoms with Crippen LogP contribution >= 0.6 is 11.8 Å². The molecule has 0 radical (unpaired) electrons. The Balaban J connectivity index is 3.01. The van der Waals surface area contributed by atoms with Gasteiger partial charge in [-0.2, -0.15) is 11.8 Å². The summed E-state index contributed by atoms with van der Waals surface area (Å²) in [5.74, 6) is 0. The average Bonchev–Trinajstić information content (AvgIpc) is 2.15. The van der Waals surface area contributed by atoms with Gasteiger partial charge in [0.25, 0.3) is 0 Å². The maximum absolute atomic E-state index is 4.69. The number of hydrogen-bond donors (Lipinski definition) is 0. The van der Waals surface area contributed by atoms with Crippen LogP contribution in [0.15, 0.2) is 18.2 Å². The quantitative estimate of drug-likeness (QED) is 0.734. The van der Waals surface area contributed by atoms with Crippen LogP contribution in [0.1, 0.15) is 44.3 Å². The van der Waals surface area contributed by atoms with Gasteiger partial charge < -0.3 is 0 Å². The molecule has 0 fully saturated rings. The van der Waals surface area contributed by atoms with Crippen molar-refractivity contribution in [2.45, 2.75) is 38.4 Å². The molecular weight excluding hydrogens is 190 g/mol. The van der Waals surface area contributed by atoms with Gasteiger partial charge in [-0.1, -0.05) is 26.8 Å². The first-order valence-corrected chi connectivity index (χ1v) is 6.24. The topological polar surface area (TPSA) is 12.9 Å². The van der Waals surface area contributed by atoms with E-state index in [1.165, 1.54) is 11.4 Å².